The Morgan fingerprint density at radius 2 is 1.56 bits per heavy atom. The van der Waals surface area contributed by atoms with Gasteiger partial charge in [0.2, 0.25) is 0 Å². The second-order valence-electron chi connectivity index (χ2n) is 11.1. The normalized spacial score (nSPS) is 19.7. The molecule has 3 amide bonds. The first-order chi connectivity index (χ1) is 18.8. The van der Waals surface area contributed by atoms with Gasteiger partial charge in [0, 0.05) is 63.7 Å². The monoisotopic (exact) mass is 534 g/mol. The number of rotatable bonds is 6. The highest BCUT2D eigenvalue weighted by molar-refractivity contribution is 5.94. The minimum absolute atomic E-state index is 0.0250. The van der Waals surface area contributed by atoms with Crippen LogP contribution in [0.15, 0.2) is 48.5 Å². The van der Waals surface area contributed by atoms with Gasteiger partial charge in [0.25, 0.3) is 5.91 Å². The zero-order valence-corrected chi connectivity index (χ0v) is 22.9. The van der Waals surface area contributed by atoms with Gasteiger partial charge < -0.3 is 19.7 Å². The van der Waals surface area contributed by atoms with Crippen LogP contribution >= 0.6 is 0 Å². The maximum absolute atomic E-state index is 12.7. The molecule has 39 heavy (non-hydrogen) atoms. The van der Waals surface area contributed by atoms with Crippen LogP contribution in [0.3, 0.4) is 0 Å². The molecule has 0 aromatic heterocycles. The molecule has 0 bridgehead atoms. The average molecular weight is 535 g/mol. The number of hydrogen-bond donors (Lipinski definition) is 1. The van der Waals surface area contributed by atoms with E-state index in [0.717, 1.165) is 38.0 Å². The van der Waals surface area contributed by atoms with Gasteiger partial charge in [-0.3, -0.25) is 14.6 Å². The molecule has 0 saturated carbocycles. The van der Waals surface area contributed by atoms with E-state index in [9.17, 15) is 14.4 Å². The lowest BCUT2D eigenvalue weighted by atomic mass is 9.91. The van der Waals surface area contributed by atoms with Gasteiger partial charge in [-0.15, -0.1) is 0 Å². The number of likely N-dealkylation sites (tertiary alicyclic amines) is 2. The van der Waals surface area contributed by atoms with Crippen LogP contribution in [0.1, 0.15) is 52.7 Å². The van der Waals surface area contributed by atoms with Gasteiger partial charge in [-0.05, 0) is 43.0 Å². The minimum atomic E-state index is -0.413. The molecule has 3 aliphatic heterocycles. The number of nitrogens with zero attached hydrogens (tertiary/aromatic N) is 3. The van der Waals surface area contributed by atoms with E-state index in [1.807, 2.05) is 12.1 Å². The van der Waals surface area contributed by atoms with Crippen molar-refractivity contribution in [2.24, 2.45) is 0 Å². The van der Waals surface area contributed by atoms with E-state index in [4.69, 9.17) is 9.47 Å². The predicted molar refractivity (Wildman–Crippen MR) is 146 cm³/mol. The van der Waals surface area contributed by atoms with E-state index >= 15 is 0 Å². The fraction of sp³-hybridized carbons (Fsp3) is 0.500. The van der Waals surface area contributed by atoms with Crippen LogP contribution < -0.4 is 5.32 Å². The van der Waals surface area contributed by atoms with Crippen LogP contribution in [0.2, 0.25) is 0 Å². The Morgan fingerprint density at radius 3 is 2.21 bits per heavy atom. The SMILES string of the molecule is COC(=O)N1CCC(NC(=O)c2ccc(CN3CC4(CCN(Cc5ccc(C)cc5)CC4)OC3=O)cc2)CC1. The van der Waals surface area contributed by atoms with Gasteiger partial charge in [0.1, 0.15) is 5.60 Å². The number of piperidine rings is 2. The number of aryl methyl sites for hydroxylation is 1. The molecule has 0 atom stereocenters. The van der Waals surface area contributed by atoms with Gasteiger partial charge in [0.15, 0.2) is 0 Å². The van der Waals surface area contributed by atoms with Crippen molar-refractivity contribution in [3.05, 3.63) is 70.8 Å². The molecule has 5 rings (SSSR count). The first-order valence-corrected chi connectivity index (χ1v) is 13.8. The number of ether oxygens (including phenoxy) is 2. The van der Waals surface area contributed by atoms with Crippen LogP contribution in [0.25, 0.3) is 0 Å². The second-order valence-corrected chi connectivity index (χ2v) is 11.1. The number of benzene rings is 2. The van der Waals surface area contributed by atoms with Crippen molar-refractivity contribution in [3.63, 3.8) is 0 Å². The third-order valence-electron chi connectivity index (χ3n) is 8.19. The quantitative estimate of drug-likeness (QED) is 0.604. The summed E-state index contributed by atoms with van der Waals surface area (Å²) in [5.41, 5.74) is 3.70. The standard InChI is InChI=1S/C30H38N4O5/c1-22-3-5-23(6-4-22)19-32-17-13-30(14-18-32)21-34(29(37)39-30)20-24-7-9-25(10-8-24)27(35)31-26-11-15-33(16-12-26)28(36)38-2/h3-10,26H,11-21H2,1-2H3,(H,31,35). The van der Waals surface area contributed by atoms with Crippen LogP contribution in [0.4, 0.5) is 9.59 Å². The summed E-state index contributed by atoms with van der Waals surface area (Å²) in [7, 11) is 1.38. The van der Waals surface area contributed by atoms with Crippen molar-refractivity contribution in [2.75, 3.05) is 39.8 Å². The number of carbonyl (C=O) groups is 3. The van der Waals surface area contributed by atoms with E-state index in [1.165, 1.54) is 18.2 Å². The van der Waals surface area contributed by atoms with Gasteiger partial charge in [-0.25, -0.2) is 9.59 Å². The van der Waals surface area contributed by atoms with Crippen molar-refractivity contribution < 1.29 is 23.9 Å². The molecule has 2 aromatic rings. The summed E-state index contributed by atoms with van der Waals surface area (Å²) in [5, 5.41) is 3.07. The van der Waals surface area contributed by atoms with Crippen molar-refractivity contribution in [3.8, 4) is 0 Å². The maximum atomic E-state index is 12.7. The van der Waals surface area contributed by atoms with E-state index in [1.54, 1.807) is 21.9 Å². The van der Waals surface area contributed by atoms with Crippen LogP contribution in [-0.2, 0) is 22.6 Å². The summed E-state index contributed by atoms with van der Waals surface area (Å²) >= 11 is 0. The highest BCUT2D eigenvalue weighted by Gasteiger charge is 2.46. The molecule has 0 aliphatic carbocycles. The smallest absolute Gasteiger partial charge is 0.410 e. The second kappa shape index (κ2) is 11.7. The molecule has 9 nitrogen and oxygen atoms in total. The highest BCUT2D eigenvalue weighted by atomic mass is 16.6. The number of nitrogens with one attached hydrogen (secondary N) is 1. The third-order valence-corrected chi connectivity index (χ3v) is 8.19. The zero-order valence-electron chi connectivity index (χ0n) is 22.9. The van der Waals surface area contributed by atoms with E-state index in [-0.39, 0.29) is 24.1 Å². The summed E-state index contributed by atoms with van der Waals surface area (Å²) in [6.07, 6.45) is 2.47. The zero-order chi connectivity index (χ0) is 27.4. The van der Waals surface area contributed by atoms with Gasteiger partial charge in [-0.1, -0.05) is 42.0 Å². The van der Waals surface area contributed by atoms with Crippen LogP contribution in [-0.4, -0.2) is 84.3 Å². The molecule has 3 saturated heterocycles. The predicted octanol–water partition coefficient (Wildman–Crippen LogP) is 3.94. The van der Waals surface area contributed by atoms with Crippen molar-refractivity contribution >= 4 is 18.1 Å². The topological polar surface area (TPSA) is 91.4 Å². The number of carbonyl (C=O) groups excluding carboxylic acids is 3. The molecule has 208 valence electrons. The molecule has 1 N–H and O–H groups in total. The van der Waals surface area contributed by atoms with Gasteiger partial charge >= 0.3 is 12.2 Å². The Labute approximate surface area is 230 Å². The molecule has 2 aromatic carbocycles. The van der Waals surface area contributed by atoms with Crippen LogP contribution in [0.5, 0.6) is 0 Å². The number of hydrogen-bond acceptors (Lipinski definition) is 6. The molecular weight excluding hydrogens is 496 g/mol. The van der Waals surface area contributed by atoms with Gasteiger partial charge in [-0.2, -0.15) is 0 Å². The highest BCUT2D eigenvalue weighted by Crippen LogP contribution is 2.34. The Kier molecular flexibility index (Phi) is 8.07. The van der Waals surface area contributed by atoms with Gasteiger partial charge in [0.05, 0.1) is 13.7 Å². The fourth-order valence-electron chi connectivity index (χ4n) is 5.73. The largest absolute Gasteiger partial charge is 0.453 e. The molecule has 1 spiro atoms. The van der Waals surface area contributed by atoms with Crippen LogP contribution in [0, 0.1) is 6.92 Å². The molecule has 0 unspecified atom stereocenters. The Hall–Kier alpha value is -3.59. The summed E-state index contributed by atoms with van der Waals surface area (Å²) in [6, 6.07) is 16.1. The lowest BCUT2D eigenvalue weighted by Gasteiger charge is -2.37. The summed E-state index contributed by atoms with van der Waals surface area (Å²) < 4.78 is 10.7. The molecule has 3 heterocycles. The molecular formula is C30H38N4O5. The summed E-state index contributed by atoms with van der Waals surface area (Å²) in [4.78, 5) is 43.0. The number of methoxy groups -OCH3 is 1. The lowest BCUT2D eigenvalue weighted by Crippen LogP contribution is -2.46. The Morgan fingerprint density at radius 1 is 0.949 bits per heavy atom. The van der Waals surface area contributed by atoms with E-state index in [2.05, 4.69) is 41.4 Å². The Balaban J connectivity index is 1.08. The summed E-state index contributed by atoms with van der Waals surface area (Å²) in [5.74, 6) is -0.130. The van der Waals surface area contributed by atoms with Crippen molar-refractivity contribution in [2.45, 2.75) is 57.3 Å². The summed E-state index contributed by atoms with van der Waals surface area (Å²) in [6.45, 7) is 7.00. The maximum Gasteiger partial charge on any atom is 0.410 e. The third kappa shape index (κ3) is 6.53. The number of amides is 3. The first-order valence-electron chi connectivity index (χ1n) is 13.8. The molecule has 3 aliphatic rings. The van der Waals surface area contributed by atoms with Crippen molar-refractivity contribution in [1.29, 1.82) is 0 Å². The van der Waals surface area contributed by atoms with E-state index in [0.29, 0.717) is 44.6 Å². The minimum Gasteiger partial charge on any atom is -0.453 e. The molecule has 9 heteroatoms. The Bertz CT molecular complexity index is 1170. The van der Waals surface area contributed by atoms with Crippen molar-refractivity contribution in [1.82, 2.24) is 20.0 Å². The molecule has 0 radical (unpaired) electrons. The fourth-order valence-corrected chi connectivity index (χ4v) is 5.73. The average Bonchev–Trinajstić information content (AvgIpc) is 3.25. The lowest BCUT2D eigenvalue weighted by molar-refractivity contribution is -0.00126. The van der Waals surface area contributed by atoms with E-state index < -0.39 is 5.60 Å². The molecule has 3 fully saturated rings. The first kappa shape index (κ1) is 27.0.